The second kappa shape index (κ2) is 3.56. The van der Waals surface area contributed by atoms with Crippen molar-refractivity contribution in [3.8, 4) is 0 Å². The minimum atomic E-state index is 1.02. The molecule has 74 valence electrons. The van der Waals surface area contributed by atoms with Crippen LogP contribution in [0.3, 0.4) is 0 Å². The summed E-state index contributed by atoms with van der Waals surface area (Å²) in [5.41, 5.74) is 6.82. The van der Waals surface area contributed by atoms with E-state index in [1.54, 1.807) is 0 Å². The highest BCUT2D eigenvalue weighted by Crippen LogP contribution is 2.21. The average Bonchev–Trinajstić information content (AvgIpc) is 2.54. The summed E-state index contributed by atoms with van der Waals surface area (Å²) in [5.74, 6) is 0. The summed E-state index contributed by atoms with van der Waals surface area (Å²) < 4.78 is 0. The first-order valence-electron chi connectivity index (χ1n) is 5.30. The van der Waals surface area contributed by atoms with Gasteiger partial charge in [-0.05, 0) is 44.7 Å². The SMILES string of the molecule is Cc1cc(C)c(C2=NCCC2)c(C)c1. The molecule has 1 aromatic carbocycles. The Morgan fingerprint density at radius 1 is 1.07 bits per heavy atom. The fourth-order valence-electron chi connectivity index (χ4n) is 2.38. The molecule has 0 saturated carbocycles. The second-order valence-electron chi connectivity index (χ2n) is 4.21. The van der Waals surface area contributed by atoms with Crippen molar-refractivity contribution in [3.05, 3.63) is 34.4 Å². The lowest BCUT2D eigenvalue weighted by molar-refractivity contribution is 0.951. The fraction of sp³-hybridized carbons (Fsp3) is 0.462. The van der Waals surface area contributed by atoms with Crippen LogP contribution >= 0.6 is 0 Å². The number of aliphatic imine (C=N–C) groups is 1. The molecule has 0 spiro atoms. The molecule has 0 saturated heterocycles. The van der Waals surface area contributed by atoms with Crippen LogP contribution in [0.2, 0.25) is 0 Å². The molecule has 0 amide bonds. The number of hydrogen-bond acceptors (Lipinski definition) is 1. The number of aryl methyl sites for hydroxylation is 3. The molecular weight excluding hydrogens is 170 g/mol. The van der Waals surface area contributed by atoms with Crippen LogP contribution in [0.4, 0.5) is 0 Å². The van der Waals surface area contributed by atoms with Gasteiger partial charge in [-0.3, -0.25) is 4.99 Å². The molecule has 2 rings (SSSR count). The number of nitrogens with zero attached hydrogens (tertiary/aromatic N) is 1. The minimum absolute atomic E-state index is 1.02. The molecule has 0 aliphatic carbocycles. The van der Waals surface area contributed by atoms with E-state index in [2.05, 4.69) is 37.9 Å². The molecule has 1 heteroatoms. The molecule has 1 heterocycles. The van der Waals surface area contributed by atoms with Gasteiger partial charge in [0.05, 0.1) is 0 Å². The summed E-state index contributed by atoms with van der Waals surface area (Å²) in [4.78, 5) is 4.57. The summed E-state index contributed by atoms with van der Waals surface area (Å²) in [6.45, 7) is 7.55. The monoisotopic (exact) mass is 187 g/mol. The second-order valence-corrected chi connectivity index (χ2v) is 4.21. The number of benzene rings is 1. The Morgan fingerprint density at radius 3 is 2.21 bits per heavy atom. The number of hydrogen-bond donors (Lipinski definition) is 0. The van der Waals surface area contributed by atoms with Gasteiger partial charge in [0.1, 0.15) is 0 Å². The molecule has 1 aliphatic heterocycles. The minimum Gasteiger partial charge on any atom is -0.289 e. The van der Waals surface area contributed by atoms with Crippen LogP contribution < -0.4 is 0 Å². The number of rotatable bonds is 1. The third kappa shape index (κ3) is 1.59. The topological polar surface area (TPSA) is 12.4 Å². The molecule has 0 fully saturated rings. The highest BCUT2D eigenvalue weighted by Gasteiger charge is 2.13. The van der Waals surface area contributed by atoms with Gasteiger partial charge < -0.3 is 0 Å². The zero-order chi connectivity index (χ0) is 10.1. The highest BCUT2D eigenvalue weighted by molar-refractivity contribution is 6.03. The van der Waals surface area contributed by atoms with E-state index in [9.17, 15) is 0 Å². The molecule has 0 bridgehead atoms. The van der Waals surface area contributed by atoms with E-state index in [4.69, 9.17) is 0 Å². The van der Waals surface area contributed by atoms with Crippen molar-refractivity contribution in [2.45, 2.75) is 33.6 Å². The van der Waals surface area contributed by atoms with Gasteiger partial charge in [-0.15, -0.1) is 0 Å². The predicted molar refractivity (Wildman–Crippen MR) is 61.3 cm³/mol. The van der Waals surface area contributed by atoms with E-state index in [0.29, 0.717) is 0 Å². The highest BCUT2D eigenvalue weighted by atomic mass is 14.8. The Labute approximate surface area is 85.9 Å². The van der Waals surface area contributed by atoms with Crippen LogP contribution in [0.25, 0.3) is 0 Å². The van der Waals surface area contributed by atoms with Crippen molar-refractivity contribution in [2.75, 3.05) is 6.54 Å². The van der Waals surface area contributed by atoms with Crippen molar-refractivity contribution in [3.63, 3.8) is 0 Å². The summed E-state index contributed by atoms with van der Waals surface area (Å²) in [7, 11) is 0. The first kappa shape index (κ1) is 9.45. The molecular formula is C13H17N. The maximum atomic E-state index is 4.57. The molecule has 1 aromatic rings. The van der Waals surface area contributed by atoms with Gasteiger partial charge in [-0.2, -0.15) is 0 Å². The van der Waals surface area contributed by atoms with Crippen LogP contribution in [0.5, 0.6) is 0 Å². The lowest BCUT2D eigenvalue weighted by Gasteiger charge is -2.10. The van der Waals surface area contributed by atoms with E-state index < -0.39 is 0 Å². The van der Waals surface area contributed by atoms with Crippen LogP contribution in [0.1, 0.15) is 35.1 Å². The molecule has 0 N–H and O–H groups in total. The molecule has 1 nitrogen and oxygen atoms in total. The Bertz CT molecular complexity index is 365. The van der Waals surface area contributed by atoms with Crippen molar-refractivity contribution >= 4 is 5.71 Å². The maximum Gasteiger partial charge on any atom is 0.0426 e. The quantitative estimate of drug-likeness (QED) is 0.640. The van der Waals surface area contributed by atoms with Crippen molar-refractivity contribution in [1.29, 1.82) is 0 Å². The third-order valence-corrected chi connectivity index (χ3v) is 2.84. The van der Waals surface area contributed by atoms with E-state index in [-0.39, 0.29) is 0 Å². The van der Waals surface area contributed by atoms with Gasteiger partial charge in [0.2, 0.25) is 0 Å². The standard InChI is InChI=1S/C13H17N/c1-9-7-10(2)13(11(3)8-9)12-5-4-6-14-12/h7-8H,4-6H2,1-3H3. The van der Waals surface area contributed by atoms with E-state index in [1.165, 1.54) is 34.4 Å². The molecule has 0 unspecified atom stereocenters. The normalized spacial score (nSPS) is 15.8. The van der Waals surface area contributed by atoms with Crippen LogP contribution in [-0.4, -0.2) is 12.3 Å². The zero-order valence-electron chi connectivity index (χ0n) is 9.22. The predicted octanol–water partition coefficient (Wildman–Crippen LogP) is 3.19. The Kier molecular flexibility index (Phi) is 2.40. The van der Waals surface area contributed by atoms with Crippen LogP contribution in [-0.2, 0) is 0 Å². The van der Waals surface area contributed by atoms with Gasteiger partial charge in [-0.1, -0.05) is 17.7 Å². The smallest absolute Gasteiger partial charge is 0.0426 e. The van der Waals surface area contributed by atoms with Crippen molar-refractivity contribution in [2.24, 2.45) is 4.99 Å². The third-order valence-electron chi connectivity index (χ3n) is 2.84. The van der Waals surface area contributed by atoms with Crippen molar-refractivity contribution < 1.29 is 0 Å². The van der Waals surface area contributed by atoms with Gasteiger partial charge in [0.25, 0.3) is 0 Å². The van der Waals surface area contributed by atoms with Gasteiger partial charge >= 0.3 is 0 Å². The Hall–Kier alpha value is -1.11. The van der Waals surface area contributed by atoms with Crippen LogP contribution in [0, 0.1) is 20.8 Å². The van der Waals surface area contributed by atoms with Gasteiger partial charge in [0.15, 0.2) is 0 Å². The van der Waals surface area contributed by atoms with E-state index in [0.717, 1.165) is 13.0 Å². The van der Waals surface area contributed by atoms with Crippen molar-refractivity contribution in [1.82, 2.24) is 0 Å². The van der Waals surface area contributed by atoms with Gasteiger partial charge in [0, 0.05) is 17.8 Å². The zero-order valence-corrected chi connectivity index (χ0v) is 9.22. The molecule has 1 aliphatic rings. The summed E-state index contributed by atoms with van der Waals surface area (Å²) in [6.07, 6.45) is 2.38. The Balaban J connectivity index is 2.52. The van der Waals surface area contributed by atoms with E-state index in [1.807, 2.05) is 0 Å². The van der Waals surface area contributed by atoms with Crippen LogP contribution in [0.15, 0.2) is 17.1 Å². The lowest BCUT2D eigenvalue weighted by Crippen LogP contribution is -2.03. The first-order chi connectivity index (χ1) is 6.68. The summed E-state index contributed by atoms with van der Waals surface area (Å²) in [5, 5.41) is 0. The maximum absolute atomic E-state index is 4.57. The van der Waals surface area contributed by atoms with E-state index >= 15 is 0 Å². The van der Waals surface area contributed by atoms with Gasteiger partial charge in [-0.25, -0.2) is 0 Å². The summed E-state index contributed by atoms with van der Waals surface area (Å²) >= 11 is 0. The molecule has 14 heavy (non-hydrogen) atoms. The summed E-state index contributed by atoms with van der Waals surface area (Å²) in [6, 6.07) is 4.51. The molecule has 0 radical (unpaired) electrons. The lowest BCUT2D eigenvalue weighted by atomic mass is 9.95. The average molecular weight is 187 g/mol. The molecule has 0 atom stereocenters. The first-order valence-corrected chi connectivity index (χ1v) is 5.30. The fourth-order valence-corrected chi connectivity index (χ4v) is 2.38. The Morgan fingerprint density at radius 2 is 1.71 bits per heavy atom. The molecule has 0 aromatic heterocycles. The largest absolute Gasteiger partial charge is 0.289 e.